The molecule has 1 aromatic rings. The summed E-state index contributed by atoms with van der Waals surface area (Å²) in [6, 6.07) is 0.0362. The summed E-state index contributed by atoms with van der Waals surface area (Å²) in [7, 11) is 1.61. The number of carboxylic acid groups (broad SMARTS) is 1. The van der Waals surface area contributed by atoms with Crippen LogP contribution in [-0.2, 0) is 22.5 Å². The lowest BCUT2D eigenvalue weighted by Gasteiger charge is -2.30. The van der Waals surface area contributed by atoms with Crippen LogP contribution in [0, 0.1) is 0 Å². The van der Waals surface area contributed by atoms with Crippen LogP contribution in [0.1, 0.15) is 48.3 Å². The van der Waals surface area contributed by atoms with E-state index in [1.54, 1.807) is 18.2 Å². The molecular weight excluding hydrogens is 350 g/mol. The normalized spacial score (nSPS) is 22.9. The summed E-state index contributed by atoms with van der Waals surface area (Å²) in [5.41, 5.74) is 0.615. The number of likely N-dealkylation sites (tertiary alicyclic amines) is 1. The molecule has 8 heteroatoms. The number of nitrogens with zero attached hydrogens (tertiary/aromatic N) is 3. The molecular formula is C19H27N3O5. The van der Waals surface area contributed by atoms with Crippen molar-refractivity contribution in [3.63, 3.8) is 0 Å². The lowest BCUT2D eigenvalue weighted by molar-refractivity contribution is -0.129. The van der Waals surface area contributed by atoms with E-state index in [0.29, 0.717) is 44.2 Å². The molecule has 3 heterocycles. The Labute approximate surface area is 158 Å². The minimum atomic E-state index is -1.21. The first-order valence-corrected chi connectivity index (χ1v) is 9.27. The molecule has 0 aromatic carbocycles. The highest BCUT2D eigenvalue weighted by Crippen LogP contribution is 2.28. The van der Waals surface area contributed by atoms with Crippen LogP contribution in [0.4, 0.5) is 0 Å². The van der Waals surface area contributed by atoms with E-state index in [4.69, 9.17) is 4.74 Å². The van der Waals surface area contributed by atoms with Gasteiger partial charge < -0.3 is 19.3 Å². The van der Waals surface area contributed by atoms with Gasteiger partial charge in [0.15, 0.2) is 0 Å². The Morgan fingerprint density at radius 2 is 2.00 bits per heavy atom. The summed E-state index contributed by atoms with van der Waals surface area (Å²) in [5.74, 6) is -1.27. The molecule has 1 amide bonds. The van der Waals surface area contributed by atoms with Crippen molar-refractivity contribution >= 4 is 11.9 Å². The van der Waals surface area contributed by atoms with Crippen molar-refractivity contribution in [2.45, 2.75) is 51.9 Å². The number of hydrogen-bond donors (Lipinski definition) is 1. The van der Waals surface area contributed by atoms with Gasteiger partial charge in [-0.2, -0.15) is 0 Å². The molecule has 0 aliphatic carbocycles. The Morgan fingerprint density at radius 1 is 1.30 bits per heavy atom. The van der Waals surface area contributed by atoms with Crippen LogP contribution in [0.3, 0.4) is 0 Å². The number of methoxy groups -OCH3 is 1. The van der Waals surface area contributed by atoms with Crippen LogP contribution in [0.5, 0.6) is 0 Å². The molecule has 8 nitrogen and oxygen atoms in total. The summed E-state index contributed by atoms with van der Waals surface area (Å²) in [4.78, 5) is 40.6. The van der Waals surface area contributed by atoms with E-state index >= 15 is 0 Å². The van der Waals surface area contributed by atoms with Crippen LogP contribution in [-0.4, -0.2) is 70.2 Å². The number of rotatable bonds is 4. The second-order valence-corrected chi connectivity index (χ2v) is 7.61. The Balaban J connectivity index is 2.10. The smallest absolute Gasteiger partial charge is 0.341 e. The van der Waals surface area contributed by atoms with Gasteiger partial charge in [0.2, 0.25) is 5.91 Å². The first kappa shape index (κ1) is 19.6. The van der Waals surface area contributed by atoms with Gasteiger partial charge in [-0.15, -0.1) is 0 Å². The van der Waals surface area contributed by atoms with Crippen molar-refractivity contribution in [1.29, 1.82) is 0 Å². The fraction of sp³-hybridized carbons (Fsp3) is 0.632. The number of carboxylic acids is 1. The summed E-state index contributed by atoms with van der Waals surface area (Å²) in [6.45, 7) is 7.71. The highest BCUT2D eigenvalue weighted by atomic mass is 16.5. The molecule has 2 aliphatic rings. The zero-order chi connectivity index (χ0) is 19.9. The van der Waals surface area contributed by atoms with Gasteiger partial charge in [-0.05, 0) is 31.4 Å². The molecule has 2 aliphatic heterocycles. The van der Waals surface area contributed by atoms with Crippen molar-refractivity contribution in [3.8, 4) is 0 Å². The minimum Gasteiger partial charge on any atom is -0.477 e. The lowest BCUT2D eigenvalue weighted by Crippen LogP contribution is -2.41. The standard InChI is InChI=1S/C19H27N3O5/c1-11(2)21-9-15(16(10-21)27-4)22-8-13-7-20(12(3)23)6-5-14(13)17(18(22)24)19(25)26/h8,11,15-16H,5-7,9-10H2,1-4H3,(H,25,26)/t15-,16-/m0/s1. The molecule has 2 atom stereocenters. The number of carbonyl (C=O) groups excluding carboxylic acids is 1. The summed E-state index contributed by atoms with van der Waals surface area (Å²) < 4.78 is 7.12. The Kier molecular flexibility index (Phi) is 5.39. The number of ether oxygens (including phenoxy) is 1. The second kappa shape index (κ2) is 7.44. The topological polar surface area (TPSA) is 92.1 Å². The maximum absolute atomic E-state index is 13.1. The number of pyridine rings is 1. The molecule has 1 fully saturated rings. The summed E-state index contributed by atoms with van der Waals surface area (Å²) in [5, 5.41) is 9.69. The van der Waals surface area contributed by atoms with Crippen molar-refractivity contribution in [3.05, 3.63) is 33.2 Å². The van der Waals surface area contributed by atoms with Crippen LogP contribution in [0.25, 0.3) is 0 Å². The average Bonchev–Trinajstić information content (AvgIpc) is 3.04. The average molecular weight is 377 g/mol. The predicted octanol–water partition coefficient (Wildman–Crippen LogP) is 0.731. The maximum Gasteiger partial charge on any atom is 0.341 e. The van der Waals surface area contributed by atoms with Gasteiger partial charge in [0.05, 0.1) is 12.1 Å². The number of aromatic carboxylic acids is 1. The molecule has 1 N–H and O–H groups in total. The van der Waals surface area contributed by atoms with E-state index in [2.05, 4.69) is 18.7 Å². The number of aromatic nitrogens is 1. The lowest BCUT2D eigenvalue weighted by atomic mass is 9.96. The fourth-order valence-electron chi connectivity index (χ4n) is 4.12. The van der Waals surface area contributed by atoms with Crippen LogP contribution in [0.2, 0.25) is 0 Å². The summed E-state index contributed by atoms with van der Waals surface area (Å²) >= 11 is 0. The van der Waals surface area contributed by atoms with Gasteiger partial charge >= 0.3 is 5.97 Å². The summed E-state index contributed by atoms with van der Waals surface area (Å²) in [6.07, 6.45) is 1.92. The van der Waals surface area contributed by atoms with Crippen molar-refractivity contribution in [2.75, 3.05) is 26.7 Å². The Bertz CT molecular complexity index is 816. The number of carbonyl (C=O) groups is 2. The van der Waals surface area contributed by atoms with Crippen molar-refractivity contribution in [2.24, 2.45) is 0 Å². The van der Waals surface area contributed by atoms with Crippen molar-refractivity contribution in [1.82, 2.24) is 14.4 Å². The Hall–Kier alpha value is -2.19. The molecule has 0 saturated carbocycles. The van der Waals surface area contributed by atoms with Crippen LogP contribution >= 0.6 is 0 Å². The molecule has 1 saturated heterocycles. The molecule has 0 spiro atoms. The van der Waals surface area contributed by atoms with E-state index in [9.17, 15) is 19.5 Å². The van der Waals surface area contributed by atoms with Crippen LogP contribution in [0.15, 0.2) is 11.0 Å². The highest BCUT2D eigenvalue weighted by molar-refractivity contribution is 5.89. The van der Waals surface area contributed by atoms with Gasteiger partial charge in [0, 0.05) is 52.5 Å². The van der Waals surface area contributed by atoms with E-state index in [1.807, 2.05) is 0 Å². The molecule has 0 bridgehead atoms. The number of amides is 1. The SMILES string of the molecule is CO[C@H]1CN(C(C)C)C[C@@H]1n1cc2c(c(C(=O)O)c1=O)CCN(C(C)=O)C2. The first-order chi connectivity index (χ1) is 12.7. The van der Waals surface area contributed by atoms with E-state index in [0.717, 1.165) is 5.56 Å². The first-order valence-electron chi connectivity index (χ1n) is 9.27. The van der Waals surface area contributed by atoms with Gasteiger partial charge in [0.1, 0.15) is 5.56 Å². The van der Waals surface area contributed by atoms with Gasteiger partial charge in [0.25, 0.3) is 5.56 Å². The van der Waals surface area contributed by atoms with E-state index in [1.165, 1.54) is 11.5 Å². The largest absolute Gasteiger partial charge is 0.477 e. The van der Waals surface area contributed by atoms with Crippen molar-refractivity contribution < 1.29 is 19.4 Å². The van der Waals surface area contributed by atoms with Gasteiger partial charge in [-0.3, -0.25) is 14.5 Å². The number of fused-ring (bicyclic) bond motifs is 1. The zero-order valence-electron chi connectivity index (χ0n) is 16.3. The molecule has 0 radical (unpaired) electrons. The highest BCUT2D eigenvalue weighted by Gasteiger charge is 2.37. The van der Waals surface area contributed by atoms with Crippen LogP contribution < -0.4 is 5.56 Å². The predicted molar refractivity (Wildman–Crippen MR) is 99.0 cm³/mol. The third-order valence-electron chi connectivity index (χ3n) is 5.74. The number of hydrogen-bond acceptors (Lipinski definition) is 5. The monoisotopic (exact) mass is 377 g/mol. The zero-order valence-corrected chi connectivity index (χ0v) is 16.3. The molecule has 148 valence electrons. The third kappa shape index (κ3) is 3.51. The third-order valence-corrected chi connectivity index (χ3v) is 5.74. The van der Waals surface area contributed by atoms with Gasteiger partial charge in [-0.1, -0.05) is 0 Å². The quantitative estimate of drug-likeness (QED) is 0.832. The molecule has 1 aromatic heterocycles. The molecule has 3 rings (SSSR count). The minimum absolute atomic E-state index is 0.0584. The molecule has 27 heavy (non-hydrogen) atoms. The van der Waals surface area contributed by atoms with E-state index in [-0.39, 0.29) is 23.6 Å². The second-order valence-electron chi connectivity index (χ2n) is 7.61. The molecule has 0 unspecified atom stereocenters. The van der Waals surface area contributed by atoms with E-state index < -0.39 is 11.5 Å². The maximum atomic E-state index is 13.1. The van der Waals surface area contributed by atoms with Gasteiger partial charge in [-0.25, -0.2) is 4.79 Å². The Morgan fingerprint density at radius 3 is 2.56 bits per heavy atom. The fourth-order valence-corrected chi connectivity index (χ4v) is 4.12.